The summed E-state index contributed by atoms with van der Waals surface area (Å²) < 4.78 is 0. The number of rotatable bonds is 0. The van der Waals surface area contributed by atoms with Gasteiger partial charge < -0.3 is 0 Å². The SMILES string of the molecule is [B]=C1NC(=O)CCC1C. The van der Waals surface area contributed by atoms with Crippen molar-refractivity contribution in [3.63, 3.8) is 0 Å². The van der Waals surface area contributed by atoms with Crippen molar-refractivity contribution in [2.24, 2.45) is 5.92 Å². The van der Waals surface area contributed by atoms with Gasteiger partial charge in [-0.1, -0.05) is 0 Å². The van der Waals surface area contributed by atoms with Crippen LogP contribution in [0.3, 0.4) is 0 Å². The zero-order valence-electron chi connectivity index (χ0n) is 5.48. The molecule has 1 radical (unpaired) electrons. The maximum absolute atomic E-state index is 10.6. The third-order valence-corrected chi connectivity index (χ3v) is 1.62. The Morgan fingerprint density at radius 1 is 1.78 bits per heavy atom. The van der Waals surface area contributed by atoms with Crippen molar-refractivity contribution >= 4 is 19.0 Å². The van der Waals surface area contributed by atoms with E-state index in [1.165, 1.54) is 0 Å². The van der Waals surface area contributed by atoms with Gasteiger partial charge in [0.15, 0.2) is 0 Å². The van der Waals surface area contributed by atoms with Gasteiger partial charge in [-0.05, 0) is 0 Å². The number of hydrogen-bond acceptors (Lipinski definition) is 1. The second kappa shape index (κ2) is 2.34. The molecule has 0 aromatic heterocycles. The van der Waals surface area contributed by atoms with Gasteiger partial charge in [0.1, 0.15) is 0 Å². The van der Waals surface area contributed by atoms with Gasteiger partial charge in [0.25, 0.3) is 0 Å². The van der Waals surface area contributed by atoms with Crippen molar-refractivity contribution in [2.75, 3.05) is 0 Å². The molecule has 1 aliphatic rings. The second-order valence-corrected chi connectivity index (χ2v) is 2.44. The first-order chi connectivity index (χ1) is 4.20. The van der Waals surface area contributed by atoms with Crippen molar-refractivity contribution in [1.29, 1.82) is 0 Å². The van der Waals surface area contributed by atoms with Gasteiger partial charge in [-0.15, -0.1) is 0 Å². The zero-order valence-corrected chi connectivity index (χ0v) is 5.48. The Kier molecular flexibility index (Phi) is 1.69. The van der Waals surface area contributed by atoms with Crippen LogP contribution in [-0.2, 0) is 4.79 Å². The fourth-order valence-corrected chi connectivity index (χ4v) is 0.850. The predicted octanol–water partition coefficient (Wildman–Crippen LogP) is -0.169. The number of carbonyl (C=O) groups excluding carboxylic acids is 1. The number of nitrogens with one attached hydrogen (secondary N) is 1. The average Bonchev–Trinajstić information content (AvgIpc) is 1.80. The first-order valence-electron chi connectivity index (χ1n) is 3.12. The molecule has 0 aliphatic carbocycles. The van der Waals surface area contributed by atoms with Crippen molar-refractivity contribution in [3.8, 4) is 0 Å². The van der Waals surface area contributed by atoms with Crippen LogP contribution in [0.15, 0.2) is 0 Å². The van der Waals surface area contributed by atoms with Crippen LogP contribution in [0.4, 0.5) is 0 Å². The molecule has 1 unspecified atom stereocenters. The molecule has 0 saturated carbocycles. The number of hydrogen-bond donors (Lipinski definition) is 1. The number of amides is 1. The summed E-state index contributed by atoms with van der Waals surface area (Å²) in [5, 5.41) is 2.58. The van der Waals surface area contributed by atoms with Crippen LogP contribution in [0.2, 0.25) is 0 Å². The molecule has 1 saturated heterocycles. The summed E-state index contributed by atoms with van der Waals surface area (Å²) in [7, 11) is 5.45. The standard InChI is InChI=1S/C6H9BNO/c1-4-2-3-5(9)8-6(4)7/h4H,2-3H2,1H3,(H,8,9). The first kappa shape index (κ1) is 6.52. The van der Waals surface area contributed by atoms with Crippen LogP contribution in [0, 0.1) is 5.92 Å². The molecule has 1 heterocycles. The van der Waals surface area contributed by atoms with E-state index < -0.39 is 0 Å². The minimum absolute atomic E-state index is 0.0469. The van der Waals surface area contributed by atoms with Gasteiger partial charge in [-0.3, -0.25) is 0 Å². The molecule has 1 amide bonds. The third kappa shape index (κ3) is 1.41. The molecule has 0 spiro atoms. The Labute approximate surface area is 55.7 Å². The van der Waals surface area contributed by atoms with Crippen LogP contribution in [-0.4, -0.2) is 19.0 Å². The molecule has 0 aromatic rings. The quantitative estimate of drug-likeness (QED) is 0.444. The second-order valence-electron chi connectivity index (χ2n) is 2.44. The topological polar surface area (TPSA) is 29.1 Å². The molecule has 9 heavy (non-hydrogen) atoms. The fourth-order valence-electron chi connectivity index (χ4n) is 0.850. The Morgan fingerprint density at radius 3 is 2.89 bits per heavy atom. The van der Waals surface area contributed by atoms with Crippen molar-refractivity contribution in [2.45, 2.75) is 19.8 Å². The molecule has 1 atom stereocenters. The van der Waals surface area contributed by atoms with E-state index in [9.17, 15) is 4.79 Å². The Bertz CT molecular complexity index is 155. The van der Waals surface area contributed by atoms with E-state index in [-0.39, 0.29) is 5.91 Å². The fraction of sp³-hybridized carbons (Fsp3) is 0.667. The predicted molar refractivity (Wildman–Crippen MR) is 37.3 cm³/mol. The summed E-state index contributed by atoms with van der Waals surface area (Å²) in [5.74, 6) is 0.397. The van der Waals surface area contributed by atoms with Gasteiger partial charge in [-0.25, -0.2) is 0 Å². The van der Waals surface area contributed by atoms with Crippen LogP contribution >= 0.6 is 0 Å². The van der Waals surface area contributed by atoms with Gasteiger partial charge in [0.05, 0.1) is 0 Å². The van der Waals surface area contributed by atoms with Crippen LogP contribution in [0.1, 0.15) is 19.8 Å². The summed E-state index contributed by atoms with van der Waals surface area (Å²) in [4.78, 5) is 10.6. The van der Waals surface area contributed by atoms with Gasteiger partial charge >= 0.3 is 54.8 Å². The summed E-state index contributed by atoms with van der Waals surface area (Å²) in [6.07, 6.45) is 1.50. The number of carbonyl (C=O) groups is 1. The summed E-state index contributed by atoms with van der Waals surface area (Å²) in [6.45, 7) is 2.01. The molecular formula is C6H9BNO. The van der Waals surface area contributed by atoms with Gasteiger partial charge in [-0.2, -0.15) is 0 Å². The van der Waals surface area contributed by atoms with E-state index in [1.807, 2.05) is 6.92 Å². The van der Waals surface area contributed by atoms with E-state index in [2.05, 4.69) is 5.32 Å². The number of piperidine rings is 1. The van der Waals surface area contributed by atoms with Crippen LogP contribution < -0.4 is 5.32 Å². The van der Waals surface area contributed by atoms with Crippen LogP contribution in [0.5, 0.6) is 0 Å². The van der Waals surface area contributed by atoms with E-state index in [0.717, 1.165) is 6.42 Å². The first-order valence-corrected chi connectivity index (χ1v) is 3.12. The van der Waals surface area contributed by atoms with E-state index >= 15 is 0 Å². The molecule has 3 heteroatoms. The summed E-state index contributed by atoms with van der Waals surface area (Å²) >= 11 is 0. The van der Waals surface area contributed by atoms with E-state index in [1.54, 1.807) is 0 Å². The van der Waals surface area contributed by atoms with Crippen LogP contribution in [0.25, 0.3) is 0 Å². The minimum atomic E-state index is 0.0469. The average molecular weight is 122 g/mol. The normalized spacial score (nSPS) is 27.8. The third-order valence-electron chi connectivity index (χ3n) is 1.62. The van der Waals surface area contributed by atoms with Crippen molar-refractivity contribution < 1.29 is 4.79 Å². The maximum atomic E-state index is 10.6. The molecule has 1 aliphatic heterocycles. The summed E-state index contributed by atoms with van der Waals surface area (Å²) in [5.41, 5.74) is 0.617. The van der Waals surface area contributed by atoms with Gasteiger partial charge in [0, 0.05) is 0 Å². The van der Waals surface area contributed by atoms with Crippen molar-refractivity contribution in [1.82, 2.24) is 5.32 Å². The molecule has 1 rings (SSSR count). The molecular weight excluding hydrogens is 113 g/mol. The zero-order chi connectivity index (χ0) is 6.85. The Morgan fingerprint density at radius 2 is 2.44 bits per heavy atom. The van der Waals surface area contributed by atoms with E-state index in [4.69, 9.17) is 7.49 Å². The Hall–Kier alpha value is -0.595. The van der Waals surface area contributed by atoms with Gasteiger partial charge in [0.2, 0.25) is 0 Å². The monoisotopic (exact) mass is 122 g/mol. The molecule has 47 valence electrons. The van der Waals surface area contributed by atoms with Crippen molar-refractivity contribution in [3.05, 3.63) is 0 Å². The molecule has 1 N–H and O–H groups in total. The summed E-state index contributed by atoms with van der Waals surface area (Å²) in [6, 6.07) is 0. The Balaban J connectivity index is 2.54. The molecule has 1 fully saturated rings. The van der Waals surface area contributed by atoms with E-state index in [0.29, 0.717) is 17.9 Å². The molecule has 2 nitrogen and oxygen atoms in total. The molecule has 0 aromatic carbocycles. The molecule has 0 bridgehead atoms.